The molecule has 1 aliphatic heterocycles. The number of carboxylic acid groups (broad SMARTS) is 1. The van der Waals surface area contributed by atoms with Crippen molar-refractivity contribution in [3.8, 4) is 0 Å². The van der Waals surface area contributed by atoms with Crippen LogP contribution in [0.15, 0.2) is 54.0 Å². The summed E-state index contributed by atoms with van der Waals surface area (Å²) in [5.74, 6) is -3.67. The molecule has 31 heavy (non-hydrogen) atoms. The molecule has 166 valence electrons. The molecule has 0 bridgehead atoms. The van der Waals surface area contributed by atoms with Crippen molar-refractivity contribution in [2.45, 2.75) is 18.6 Å². The molecule has 3 rings (SSSR count). The number of halogens is 2. The standard InChI is InChI=1S/C14H11Cl2NO2.C6H8O6/c15-10-5-3-6-11(16)14(10)17-12-7-2-1-4-9(12)8-13(18)19;7-1-2(8)5-3(9)4(10)6(11)12-5/h1-7,17H,8H2,(H,18,19);2,5,7-10H,1H2/t;2-,5+/m.0/s1/i;6+2. The van der Waals surface area contributed by atoms with E-state index in [1.54, 1.807) is 36.4 Å². The molecular formula is C20H19Cl2NO8. The number of esters is 1. The Morgan fingerprint density at radius 1 is 1.13 bits per heavy atom. The van der Waals surface area contributed by atoms with E-state index in [0.717, 1.165) is 0 Å². The largest absolute Gasteiger partial charge is 0.505 e. The molecule has 0 saturated carbocycles. The number of rotatable bonds is 6. The number of aliphatic hydroxyl groups excluding tert-OH is 4. The van der Waals surface area contributed by atoms with Crippen LogP contribution in [0, 0.1) is 0 Å². The molecule has 2 aromatic rings. The van der Waals surface area contributed by atoms with Crippen molar-refractivity contribution >= 4 is 46.5 Å². The number of carbonyl (C=O) groups excluding carboxylic acids is 1. The number of ether oxygens (including phenoxy) is 1. The number of anilines is 2. The minimum atomic E-state index is -1.42. The molecule has 0 aromatic heterocycles. The van der Waals surface area contributed by atoms with Gasteiger partial charge in [0.05, 0.1) is 28.8 Å². The topological polar surface area (TPSA) is 157 Å². The zero-order chi connectivity index (χ0) is 23.1. The van der Waals surface area contributed by atoms with Gasteiger partial charge in [-0.25, -0.2) is 4.79 Å². The Kier molecular flexibility index (Phi) is 8.52. The quantitative estimate of drug-likeness (QED) is 0.347. The first-order valence-corrected chi connectivity index (χ1v) is 9.54. The zero-order valence-electron chi connectivity index (χ0n) is 15.8. The van der Waals surface area contributed by atoms with Crippen LogP contribution in [0.3, 0.4) is 0 Å². The first-order chi connectivity index (χ1) is 14.6. The van der Waals surface area contributed by atoms with Crippen molar-refractivity contribution in [2.24, 2.45) is 0 Å². The summed E-state index contributed by atoms with van der Waals surface area (Å²) in [5.41, 5.74) is 1.93. The van der Waals surface area contributed by atoms with Gasteiger partial charge in [0, 0.05) is 5.69 Å². The number of para-hydroxylation sites is 2. The van der Waals surface area contributed by atoms with Crippen LogP contribution in [0.2, 0.25) is 10.0 Å². The normalized spacial score (nSPS) is 16.3. The summed E-state index contributed by atoms with van der Waals surface area (Å²) < 4.78 is 4.32. The third-order valence-electron chi connectivity index (χ3n) is 4.06. The van der Waals surface area contributed by atoms with Gasteiger partial charge in [0.2, 0.25) is 5.76 Å². The summed E-state index contributed by atoms with van der Waals surface area (Å²) in [6.45, 7) is -0.671. The van der Waals surface area contributed by atoms with Crippen LogP contribution in [0.1, 0.15) is 5.56 Å². The summed E-state index contributed by atoms with van der Waals surface area (Å²) in [7, 11) is 0. The van der Waals surface area contributed by atoms with Gasteiger partial charge in [0.1, 0.15) is 6.10 Å². The summed E-state index contributed by atoms with van der Waals surface area (Å²) in [5, 5.41) is 48.0. The fraction of sp³-hybridized carbons (Fsp3) is 0.200. The molecule has 2 atom stereocenters. The summed E-state index contributed by atoms with van der Waals surface area (Å²) in [4.78, 5) is 21.4. The average Bonchev–Trinajstić information content (AvgIpc) is 2.99. The van der Waals surface area contributed by atoms with Gasteiger partial charge in [-0.3, -0.25) is 4.79 Å². The highest BCUT2D eigenvalue weighted by Crippen LogP contribution is 2.33. The molecular weight excluding hydrogens is 455 g/mol. The minimum Gasteiger partial charge on any atom is -0.505 e. The lowest BCUT2D eigenvalue weighted by Crippen LogP contribution is -2.31. The Balaban J connectivity index is 0.000000245. The Hall–Kier alpha value is -2.98. The van der Waals surface area contributed by atoms with E-state index in [1.165, 1.54) is 0 Å². The maximum Gasteiger partial charge on any atom is 0.377 e. The molecule has 0 aliphatic carbocycles. The van der Waals surface area contributed by atoms with E-state index in [9.17, 15) is 9.59 Å². The van der Waals surface area contributed by atoms with E-state index in [0.29, 0.717) is 27.0 Å². The predicted octanol–water partition coefficient (Wildman–Crippen LogP) is 2.96. The van der Waals surface area contributed by atoms with E-state index in [2.05, 4.69) is 10.1 Å². The number of carboxylic acids is 1. The van der Waals surface area contributed by atoms with E-state index in [4.69, 9.17) is 48.7 Å². The predicted molar refractivity (Wildman–Crippen MR) is 113 cm³/mol. The lowest BCUT2D eigenvalue weighted by atomic mass is 10.1. The molecule has 0 saturated heterocycles. The van der Waals surface area contributed by atoms with Crippen LogP contribution in [-0.2, 0) is 20.7 Å². The highest BCUT2D eigenvalue weighted by atomic mass is 35.5. The monoisotopic (exact) mass is 473 g/mol. The molecule has 11 heteroatoms. The number of aliphatic carboxylic acids is 1. The van der Waals surface area contributed by atoms with Gasteiger partial charge in [0.25, 0.3) is 0 Å². The Labute approximate surface area is 186 Å². The van der Waals surface area contributed by atoms with E-state index in [1.807, 2.05) is 6.07 Å². The first kappa shape index (κ1) is 24.3. The number of aliphatic hydroxyl groups is 4. The van der Waals surface area contributed by atoms with Gasteiger partial charge in [-0.1, -0.05) is 47.5 Å². The third kappa shape index (κ3) is 6.25. The van der Waals surface area contributed by atoms with Gasteiger partial charge >= 0.3 is 11.9 Å². The van der Waals surface area contributed by atoms with Crippen molar-refractivity contribution in [1.82, 2.24) is 0 Å². The number of nitrogens with one attached hydrogen (secondary N) is 1. The molecule has 0 fully saturated rings. The van der Waals surface area contributed by atoms with Gasteiger partial charge < -0.3 is 35.6 Å². The minimum absolute atomic E-state index is 0.0642. The highest BCUT2D eigenvalue weighted by molar-refractivity contribution is 6.39. The third-order valence-corrected chi connectivity index (χ3v) is 4.69. The molecule has 1 heterocycles. The second-order valence-electron chi connectivity index (χ2n) is 6.26. The second-order valence-corrected chi connectivity index (χ2v) is 7.07. The number of benzene rings is 2. The fourth-order valence-corrected chi connectivity index (χ4v) is 3.03. The Morgan fingerprint density at radius 3 is 2.26 bits per heavy atom. The van der Waals surface area contributed by atoms with Crippen molar-refractivity contribution in [3.05, 3.63) is 69.6 Å². The van der Waals surface area contributed by atoms with E-state index < -0.39 is 42.3 Å². The van der Waals surface area contributed by atoms with Gasteiger partial charge in [-0.15, -0.1) is 0 Å². The molecule has 0 spiro atoms. The molecule has 6 N–H and O–H groups in total. The molecule has 0 unspecified atom stereocenters. The van der Waals surface area contributed by atoms with Crippen LogP contribution >= 0.6 is 23.2 Å². The zero-order valence-corrected chi connectivity index (χ0v) is 17.3. The van der Waals surface area contributed by atoms with Gasteiger partial charge in [-0.05, 0) is 23.8 Å². The maximum atomic E-state index is 10.8. The SMILES string of the molecule is O=C(O)Cc1ccccc1Nc1c(Cl)cccc1Cl.O=[14C]1O[C@H]([C@@H](O)CO)C(O)=C1O. The number of cyclic esters (lactones) is 1. The lowest BCUT2D eigenvalue weighted by molar-refractivity contribution is -0.147. The summed E-state index contributed by atoms with van der Waals surface area (Å²) in [6, 6.07) is 12.3. The van der Waals surface area contributed by atoms with Crippen molar-refractivity contribution in [1.29, 1.82) is 0 Å². The maximum absolute atomic E-state index is 10.8. The Morgan fingerprint density at radius 2 is 1.74 bits per heavy atom. The smallest absolute Gasteiger partial charge is 0.377 e. The van der Waals surface area contributed by atoms with Crippen molar-refractivity contribution in [2.75, 3.05) is 11.9 Å². The van der Waals surface area contributed by atoms with Gasteiger partial charge in [0.15, 0.2) is 11.9 Å². The molecule has 0 radical (unpaired) electrons. The van der Waals surface area contributed by atoms with E-state index in [-0.39, 0.29) is 6.42 Å². The lowest BCUT2D eigenvalue weighted by Gasteiger charge is -2.13. The van der Waals surface area contributed by atoms with Crippen LogP contribution in [0.25, 0.3) is 0 Å². The summed E-state index contributed by atoms with van der Waals surface area (Å²) >= 11 is 12.1. The molecule has 0 amide bonds. The first-order valence-electron chi connectivity index (χ1n) is 8.78. The number of hydrogen-bond acceptors (Lipinski definition) is 8. The van der Waals surface area contributed by atoms with Crippen molar-refractivity contribution < 1.29 is 39.9 Å². The molecule has 9 nitrogen and oxygen atoms in total. The van der Waals surface area contributed by atoms with Crippen LogP contribution in [0.5, 0.6) is 0 Å². The number of carbonyl (C=O) groups is 2. The Bertz CT molecular complexity index is 975. The van der Waals surface area contributed by atoms with Crippen LogP contribution in [0.4, 0.5) is 11.4 Å². The average molecular weight is 474 g/mol. The highest BCUT2D eigenvalue weighted by Gasteiger charge is 2.38. The molecule has 1 aliphatic rings. The number of hydrogen-bond donors (Lipinski definition) is 6. The van der Waals surface area contributed by atoms with Crippen LogP contribution < -0.4 is 5.32 Å². The molecule has 2 aromatic carbocycles. The van der Waals surface area contributed by atoms with E-state index >= 15 is 0 Å². The second kappa shape index (κ2) is 10.9. The summed E-state index contributed by atoms with van der Waals surface area (Å²) in [6.07, 6.45) is -2.84. The van der Waals surface area contributed by atoms with Crippen LogP contribution in [-0.4, -0.2) is 56.3 Å². The van der Waals surface area contributed by atoms with Crippen molar-refractivity contribution in [3.63, 3.8) is 0 Å². The van der Waals surface area contributed by atoms with Gasteiger partial charge in [-0.2, -0.15) is 0 Å². The fourth-order valence-electron chi connectivity index (χ4n) is 2.53.